The van der Waals surface area contributed by atoms with Crippen molar-refractivity contribution < 1.29 is 4.79 Å². The van der Waals surface area contributed by atoms with Crippen molar-refractivity contribution in [2.24, 2.45) is 0 Å². The van der Waals surface area contributed by atoms with E-state index in [1.807, 2.05) is 24.0 Å². The lowest BCUT2D eigenvalue weighted by atomic mass is 10.2. The van der Waals surface area contributed by atoms with E-state index < -0.39 is 0 Å². The monoisotopic (exact) mass is 336 g/mol. The van der Waals surface area contributed by atoms with Gasteiger partial charge in [-0.25, -0.2) is 9.97 Å². The molecule has 20 heavy (non-hydrogen) atoms. The summed E-state index contributed by atoms with van der Waals surface area (Å²) >= 11 is 3.37. The molecule has 1 aliphatic rings. The van der Waals surface area contributed by atoms with Gasteiger partial charge in [-0.15, -0.1) is 0 Å². The van der Waals surface area contributed by atoms with Crippen LogP contribution < -0.4 is 9.80 Å². The van der Waals surface area contributed by atoms with Gasteiger partial charge in [0.05, 0.1) is 11.3 Å². The summed E-state index contributed by atoms with van der Waals surface area (Å²) in [6.45, 7) is 2.70. The number of hydrogen-bond acceptors (Lipinski definition) is 4. The van der Waals surface area contributed by atoms with E-state index in [0.717, 1.165) is 16.0 Å². The fourth-order valence-corrected chi connectivity index (χ4v) is 2.68. The lowest BCUT2D eigenvalue weighted by molar-refractivity contribution is 0.0994. The normalized spacial score (nSPS) is 13.8. The predicted molar refractivity (Wildman–Crippen MR) is 81.6 cm³/mol. The van der Waals surface area contributed by atoms with Crippen molar-refractivity contribution >= 4 is 39.2 Å². The number of pyridine rings is 2. The Kier molecular flexibility index (Phi) is 3.17. The topological polar surface area (TPSA) is 49.3 Å². The molecule has 1 aliphatic heterocycles. The molecule has 1 amide bonds. The predicted octanol–water partition coefficient (Wildman–Crippen LogP) is 2.99. The summed E-state index contributed by atoms with van der Waals surface area (Å²) in [6.07, 6.45) is 3.42. The molecule has 102 valence electrons. The molecule has 2 aromatic heterocycles. The molecule has 0 unspecified atom stereocenters. The molecule has 5 nitrogen and oxygen atoms in total. The first-order chi connectivity index (χ1) is 9.63. The third kappa shape index (κ3) is 1.87. The van der Waals surface area contributed by atoms with E-state index in [4.69, 9.17) is 0 Å². The first kappa shape index (κ1) is 13.1. The molecule has 0 spiro atoms. The van der Waals surface area contributed by atoms with Crippen molar-refractivity contribution in [3.8, 4) is 0 Å². The Bertz CT molecular complexity index is 689. The van der Waals surface area contributed by atoms with Crippen molar-refractivity contribution in [2.75, 3.05) is 23.4 Å². The highest BCUT2D eigenvalue weighted by Crippen LogP contribution is 2.37. The number of halogens is 1. The number of carbonyl (C=O) groups is 1. The van der Waals surface area contributed by atoms with Crippen LogP contribution in [0.1, 0.15) is 17.3 Å². The van der Waals surface area contributed by atoms with Gasteiger partial charge >= 0.3 is 0 Å². The van der Waals surface area contributed by atoms with Gasteiger partial charge in [-0.2, -0.15) is 0 Å². The molecule has 0 N–H and O–H groups in total. The van der Waals surface area contributed by atoms with Crippen molar-refractivity contribution in [3.05, 3.63) is 40.6 Å². The van der Waals surface area contributed by atoms with Crippen molar-refractivity contribution in [1.29, 1.82) is 0 Å². The summed E-state index contributed by atoms with van der Waals surface area (Å²) < 4.78 is 0.785. The Morgan fingerprint density at radius 1 is 1.50 bits per heavy atom. The van der Waals surface area contributed by atoms with Crippen LogP contribution >= 0.6 is 15.9 Å². The number of amides is 1. The minimum Gasteiger partial charge on any atom is -0.309 e. The average molecular weight is 337 g/mol. The maximum absolute atomic E-state index is 12.6. The lowest BCUT2D eigenvalue weighted by Gasteiger charge is -2.22. The SMILES string of the molecule is CCN1c2ncc(Br)cc2C(=O)N(C)c2cc[14cH]n[14c]21. The molecule has 0 radical (unpaired) electrons. The highest BCUT2D eigenvalue weighted by atomic mass is 79.9. The number of carbonyl (C=O) groups excluding carboxylic acids is 1. The van der Waals surface area contributed by atoms with E-state index >= 15 is 0 Å². The Morgan fingerprint density at radius 3 is 3.05 bits per heavy atom. The number of anilines is 3. The standard InChI is InChI=1S/C14H13BrN4O/c1-3-19-12-10(7-9(15)8-17-12)14(20)18(2)11-5-4-6-16-13(11)19/h4-8H,3H2,1-2H3/i6+2,13+2. The van der Waals surface area contributed by atoms with E-state index in [-0.39, 0.29) is 5.91 Å². The third-order valence-electron chi connectivity index (χ3n) is 3.32. The van der Waals surface area contributed by atoms with Crippen LogP contribution in [0.4, 0.5) is 17.3 Å². The third-order valence-corrected chi connectivity index (χ3v) is 3.76. The molecule has 6 heteroatoms. The van der Waals surface area contributed by atoms with Crippen molar-refractivity contribution in [2.45, 2.75) is 6.92 Å². The molecule has 0 aromatic carbocycles. The molecule has 0 fully saturated rings. The highest BCUT2D eigenvalue weighted by Gasteiger charge is 2.30. The number of aromatic nitrogens is 2. The van der Waals surface area contributed by atoms with Crippen molar-refractivity contribution in [3.63, 3.8) is 0 Å². The summed E-state index contributed by atoms with van der Waals surface area (Å²) in [5.74, 6) is 1.31. The summed E-state index contributed by atoms with van der Waals surface area (Å²) in [4.78, 5) is 25.0. The number of nitrogens with zero attached hydrogens (tertiary/aromatic N) is 4. The first-order valence-electron chi connectivity index (χ1n) is 6.29. The van der Waals surface area contributed by atoms with Gasteiger partial charge in [0.2, 0.25) is 0 Å². The summed E-state index contributed by atoms with van der Waals surface area (Å²) in [5, 5.41) is 0. The van der Waals surface area contributed by atoms with E-state index in [9.17, 15) is 4.79 Å². The Labute approximate surface area is 125 Å². The second-order valence-corrected chi connectivity index (χ2v) is 5.39. The van der Waals surface area contributed by atoms with Gasteiger partial charge in [0.25, 0.3) is 5.91 Å². The summed E-state index contributed by atoms with van der Waals surface area (Å²) in [5.41, 5.74) is 1.36. The van der Waals surface area contributed by atoms with Gasteiger partial charge in [0, 0.05) is 30.5 Å². The molecule has 2 aromatic rings. The Hall–Kier alpha value is -1.95. The Balaban J connectivity index is 2.31. The van der Waals surface area contributed by atoms with Crippen LogP contribution in [0.5, 0.6) is 0 Å². The van der Waals surface area contributed by atoms with Crippen LogP contribution in [-0.4, -0.2) is 29.5 Å². The zero-order chi connectivity index (χ0) is 14.3. The van der Waals surface area contributed by atoms with Gasteiger partial charge < -0.3 is 9.80 Å². The molecule has 3 rings (SSSR count). The first-order valence-corrected chi connectivity index (χ1v) is 7.09. The fourth-order valence-electron chi connectivity index (χ4n) is 2.35. The highest BCUT2D eigenvalue weighted by molar-refractivity contribution is 9.10. The van der Waals surface area contributed by atoms with E-state index in [1.54, 1.807) is 30.4 Å². The van der Waals surface area contributed by atoms with Gasteiger partial charge in [0.15, 0.2) is 5.82 Å². The maximum atomic E-state index is 12.6. The largest absolute Gasteiger partial charge is 0.309 e. The molecule has 0 aliphatic carbocycles. The van der Waals surface area contributed by atoms with Gasteiger partial charge in [0.1, 0.15) is 5.82 Å². The molecule has 3 heterocycles. The summed E-state index contributed by atoms with van der Waals surface area (Å²) in [6, 6.07) is 5.52. The second-order valence-electron chi connectivity index (χ2n) is 4.48. The quantitative estimate of drug-likeness (QED) is 0.803. The Morgan fingerprint density at radius 2 is 2.30 bits per heavy atom. The molecule has 0 atom stereocenters. The van der Waals surface area contributed by atoms with Crippen LogP contribution in [0.25, 0.3) is 0 Å². The van der Waals surface area contributed by atoms with E-state index in [1.165, 1.54) is 0 Å². The van der Waals surface area contributed by atoms with Crippen LogP contribution in [0.2, 0.25) is 0 Å². The number of rotatable bonds is 1. The molecular weight excluding hydrogens is 324 g/mol. The number of hydrogen-bond donors (Lipinski definition) is 0. The average Bonchev–Trinajstić information content (AvgIpc) is 2.55. The molecule has 0 saturated carbocycles. The van der Waals surface area contributed by atoms with Gasteiger partial charge in [-0.05, 0) is 41.1 Å². The smallest absolute Gasteiger partial charge is 0.261 e. The van der Waals surface area contributed by atoms with E-state index in [0.29, 0.717) is 17.9 Å². The minimum absolute atomic E-state index is 0.0843. The summed E-state index contributed by atoms with van der Waals surface area (Å²) in [7, 11) is 1.76. The van der Waals surface area contributed by atoms with Gasteiger partial charge in [-0.1, -0.05) is 0 Å². The molecular formula is C14H13BrN4O. The maximum Gasteiger partial charge on any atom is 0.261 e. The molecule has 0 saturated heterocycles. The lowest BCUT2D eigenvalue weighted by Crippen LogP contribution is -2.25. The van der Waals surface area contributed by atoms with E-state index in [2.05, 4.69) is 25.9 Å². The van der Waals surface area contributed by atoms with Gasteiger partial charge in [-0.3, -0.25) is 4.79 Å². The van der Waals surface area contributed by atoms with Crippen LogP contribution in [0.3, 0.4) is 0 Å². The van der Waals surface area contributed by atoms with Crippen LogP contribution in [0.15, 0.2) is 35.1 Å². The zero-order valence-corrected chi connectivity index (χ0v) is 12.8. The molecule has 0 bridgehead atoms. The minimum atomic E-state index is -0.0843. The second kappa shape index (κ2) is 4.86. The van der Waals surface area contributed by atoms with Crippen LogP contribution in [-0.2, 0) is 0 Å². The zero-order valence-electron chi connectivity index (χ0n) is 11.2. The van der Waals surface area contributed by atoms with Crippen molar-refractivity contribution in [1.82, 2.24) is 9.97 Å². The van der Waals surface area contributed by atoms with Crippen LogP contribution in [0, 0.1) is 0 Å². The fraction of sp³-hybridized carbons (Fsp3) is 0.214. The number of fused-ring (bicyclic) bond motifs is 2.